The second-order valence-corrected chi connectivity index (χ2v) is 5.17. The summed E-state index contributed by atoms with van der Waals surface area (Å²) in [5.41, 5.74) is 5.56. The second-order valence-electron chi connectivity index (χ2n) is 3.54. The molecule has 2 N–H and O–H groups in total. The molecule has 1 unspecified atom stereocenters. The van der Waals surface area contributed by atoms with Crippen LogP contribution in [0.3, 0.4) is 0 Å². The zero-order valence-corrected chi connectivity index (χ0v) is 9.93. The van der Waals surface area contributed by atoms with Crippen LogP contribution in [0.25, 0.3) is 0 Å². The van der Waals surface area contributed by atoms with E-state index in [0.717, 1.165) is 5.30 Å². The van der Waals surface area contributed by atoms with Crippen molar-refractivity contribution in [1.82, 2.24) is 0 Å². The number of carbonyl (C=O) groups excluding carboxylic acids is 1. The fourth-order valence-electron chi connectivity index (χ4n) is 1.50. The summed E-state index contributed by atoms with van der Waals surface area (Å²) in [6, 6.07) is 15.7. The highest BCUT2D eigenvalue weighted by molar-refractivity contribution is 7.61. The van der Waals surface area contributed by atoms with Crippen LogP contribution >= 0.6 is 7.80 Å². The molecule has 0 heterocycles. The van der Waals surface area contributed by atoms with E-state index in [2.05, 4.69) is 0 Å². The third-order valence-electron chi connectivity index (χ3n) is 2.36. The van der Waals surface area contributed by atoms with Gasteiger partial charge in [-0.15, -0.1) is 0 Å². The Morgan fingerprint density at radius 3 is 2.24 bits per heavy atom. The van der Waals surface area contributed by atoms with Crippen molar-refractivity contribution in [2.45, 2.75) is 0 Å². The normalized spacial score (nSPS) is 10.9. The van der Waals surface area contributed by atoms with Crippen LogP contribution in [0, 0.1) is 0 Å². The van der Waals surface area contributed by atoms with E-state index >= 15 is 0 Å². The smallest absolute Gasteiger partial charge is 0.248 e. The number of benzene rings is 2. The molecule has 1 radical (unpaired) electrons. The Bertz CT molecular complexity index is 567. The molecule has 4 heteroatoms. The summed E-state index contributed by atoms with van der Waals surface area (Å²) in [4.78, 5) is 11.0. The maximum atomic E-state index is 12.2. The van der Waals surface area contributed by atoms with Crippen LogP contribution in [0.2, 0.25) is 0 Å². The molecule has 2 rings (SSSR count). The largest absolute Gasteiger partial charge is 0.366 e. The Morgan fingerprint density at radius 2 is 1.59 bits per heavy atom. The first kappa shape index (κ1) is 11.5. The average Bonchev–Trinajstić information content (AvgIpc) is 2.39. The SMILES string of the molecule is NC(=O)c1cccc([P](=O)c2ccccc2)c1. The summed E-state index contributed by atoms with van der Waals surface area (Å²) in [5.74, 6) is -0.511. The lowest BCUT2D eigenvalue weighted by atomic mass is 10.2. The number of nitrogens with two attached hydrogens (primary N) is 1. The van der Waals surface area contributed by atoms with Gasteiger partial charge >= 0.3 is 0 Å². The topological polar surface area (TPSA) is 60.2 Å². The molecule has 0 fully saturated rings. The first-order chi connectivity index (χ1) is 8.18. The number of hydrogen-bond acceptors (Lipinski definition) is 2. The van der Waals surface area contributed by atoms with Crippen LogP contribution in [0.15, 0.2) is 54.6 Å². The predicted molar refractivity (Wildman–Crippen MR) is 68.3 cm³/mol. The molecule has 0 bridgehead atoms. The maximum Gasteiger partial charge on any atom is 0.248 e. The van der Waals surface area contributed by atoms with Gasteiger partial charge < -0.3 is 5.73 Å². The van der Waals surface area contributed by atoms with Gasteiger partial charge in [0.25, 0.3) is 0 Å². The van der Waals surface area contributed by atoms with E-state index in [-0.39, 0.29) is 0 Å². The van der Waals surface area contributed by atoms with Gasteiger partial charge in [0, 0.05) is 16.2 Å². The molecule has 0 aliphatic carbocycles. The van der Waals surface area contributed by atoms with E-state index in [1.165, 1.54) is 0 Å². The van der Waals surface area contributed by atoms with Gasteiger partial charge in [0.2, 0.25) is 5.91 Å². The zero-order valence-electron chi connectivity index (χ0n) is 9.04. The molecule has 0 aliphatic heterocycles. The van der Waals surface area contributed by atoms with Crippen LogP contribution in [-0.4, -0.2) is 5.91 Å². The van der Waals surface area contributed by atoms with Gasteiger partial charge in [-0.3, -0.25) is 9.36 Å². The average molecular weight is 244 g/mol. The van der Waals surface area contributed by atoms with Gasteiger partial charge in [-0.2, -0.15) is 0 Å². The molecule has 17 heavy (non-hydrogen) atoms. The molecular formula is C13H11NO2P. The number of carbonyl (C=O) groups is 1. The first-order valence-electron chi connectivity index (χ1n) is 5.10. The summed E-state index contributed by atoms with van der Waals surface area (Å²) in [5, 5.41) is 1.35. The highest BCUT2D eigenvalue weighted by Crippen LogP contribution is 2.19. The Morgan fingerprint density at radius 1 is 0.941 bits per heavy atom. The zero-order chi connectivity index (χ0) is 12.3. The third-order valence-corrected chi connectivity index (χ3v) is 3.87. The molecule has 0 saturated heterocycles. The van der Waals surface area contributed by atoms with Crippen molar-refractivity contribution in [3.8, 4) is 0 Å². The summed E-state index contributed by atoms with van der Waals surface area (Å²) < 4.78 is 12.2. The lowest BCUT2D eigenvalue weighted by Crippen LogP contribution is -2.14. The molecule has 85 valence electrons. The Balaban J connectivity index is 2.38. The molecule has 2 aromatic rings. The molecule has 0 aromatic heterocycles. The van der Waals surface area contributed by atoms with Gasteiger partial charge in [-0.05, 0) is 30.3 Å². The molecule has 2 aromatic carbocycles. The van der Waals surface area contributed by atoms with Crippen LogP contribution in [-0.2, 0) is 4.57 Å². The lowest BCUT2D eigenvalue weighted by molar-refractivity contribution is 0.100. The van der Waals surface area contributed by atoms with Crippen LogP contribution < -0.4 is 16.3 Å². The fourth-order valence-corrected chi connectivity index (χ4v) is 2.72. The molecule has 0 saturated carbocycles. The minimum Gasteiger partial charge on any atom is -0.366 e. The quantitative estimate of drug-likeness (QED) is 0.833. The van der Waals surface area contributed by atoms with Crippen molar-refractivity contribution in [2.75, 3.05) is 0 Å². The molecule has 0 spiro atoms. The highest BCUT2D eigenvalue weighted by atomic mass is 31.1. The number of rotatable bonds is 3. The van der Waals surface area contributed by atoms with E-state index in [0.29, 0.717) is 10.9 Å². The predicted octanol–water partition coefficient (Wildman–Crippen LogP) is 1.56. The van der Waals surface area contributed by atoms with E-state index in [1.807, 2.05) is 18.2 Å². The molecule has 3 nitrogen and oxygen atoms in total. The van der Waals surface area contributed by atoms with Crippen LogP contribution in [0.4, 0.5) is 0 Å². The number of amides is 1. The third kappa shape index (κ3) is 2.58. The molecular weight excluding hydrogens is 233 g/mol. The Hall–Kier alpha value is -1.99. The molecule has 1 atom stereocenters. The number of hydrogen-bond donors (Lipinski definition) is 1. The summed E-state index contributed by atoms with van der Waals surface area (Å²) in [6.07, 6.45) is 0. The van der Waals surface area contributed by atoms with E-state index in [4.69, 9.17) is 5.73 Å². The summed E-state index contributed by atoms with van der Waals surface area (Å²) in [7, 11) is -1.67. The van der Waals surface area contributed by atoms with E-state index < -0.39 is 13.7 Å². The maximum absolute atomic E-state index is 12.2. The van der Waals surface area contributed by atoms with E-state index in [9.17, 15) is 9.36 Å². The minimum atomic E-state index is -1.67. The van der Waals surface area contributed by atoms with Crippen molar-refractivity contribution < 1.29 is 9.36 Å². The second kappa shape index (κ2) is 4.89. The Labute approximate surface area is 100 Å². The summed E-state index contributed by atoms with van der Waals surface area (Å²) >= 11 is 0. The summed E-state index contributed by atoms with van der Waals surface area (Å²) in [6.45, 7) is 0. The standard InChI is InChI=1S/C13H11NO2P/c14-13(15)10-5-4-8-12(9-10)17(16)11-6-2-1-3-7-11/h1-9H,(H2,14,15). The first-order valence-corrected chi connectivity index (χ1v) is 6.36. The Kier molecular flexibility index (Phi) is 3.31. The van der Waals surface area contributed by atoms with Crippen molar-refractivity contribution in [3.05, 3.63) is 60.2 Å². The monoisotopic (exact) mass is 244 g/mol. The highest BCUT2D eigenvalue weighted by Gasteiger charge is 2.09. The fraction of sp³-hybridized carbons (Fsp3) is 0. The van der Waals surface area contributed by atoms with Crippen molar-refractivity contribution in [1.29, 1.82) is 0 Å². The van der Waals surface area contributed by atoms with Crippen molar-refractivity contribution in [2.24, 2.45) is 5.73 Å². The molecule has 1 amide bonds. The van der Waals surface area contributed by atoms with Gasteiger partial charge in [0.1, 0.15) is 7.80 Å². The van der Waals surface area contributed by atoms with Gasteiger partial charge in [0.15, 0.2) is 0 Å². The van der Waals surface area contributed by atoms with Crippen LogP contribution in [0.5, 0.6) is 0 Å². The van der Waals surface area contributed by atoms with Crippen LogP contribution in [0.1, 0.15) is 10.4 Å². The van der Waals surface area contributed by atoms with Gasteiger partial charge in [-0.25, -0.2) is 0 Å². The van der Waals surface area contributed by atoms with E-state index in [1.54, 1.807) is 36.4 Å². The van der Waals surface area contributed by atoms with Crippen molar-refractivity contribution in [3.63, 3.8) is 0 Å². The number of primary amides is 1. The van der Waals surface area contributed by atoms with Gasteiger partial charge in [-0.1, -0.05) is 24.3 Å². The lowest BCUT2D eigenvalue weighted by Gasteiger charge is -2.02. The molecule has 0 aliphatic rings. The minimum absolute atomic E-state index is 0.377. The van der Waals surface area contributed by atoms with Crippen molar-refractivity contribution >= 4 is 24.3 Å². The van der Waals surface area contributed by atoms with Gasteiger partial charge in [0.05, 0.1) is 0 Å².